The van der Waals surface area contributed by atoms with Gasteiger partial charge in [0.05, 0.1) is 19.3 Å². The van der Waals surface area contributed by atoms with Crippen LogP contribution in [0.2, 0.25) is 0 Å². The predicted octanol–water partition coefficient (Wildman–Crippen LogP) is 4.45. The average molecular weight is 396 g/mol. The quantitative estimate of drug-likeness (QED) is 0.612. The molecule has 146 valence electrons. The molecule has 0 saturated heterocycles. The normalized spacial score (nSPS) is 10.9. The maximum absolute atomic E-state index is 12.3. The topological polar surface area (TPSA) is 54.5 Å². The number of carbonyl (C=O) groups is 1. The smallest absolute Gasteiger partial charge is 0.238 e. The molecule has 0 atom stereocenters. The van der Waals surface area contributed by atoms with Gasteiger partial charge in [-0.05, 0) is 31.2 Å². The van der Waals surface area contributed by atoms with E-state index in [2.05, 4.69) is 41.9 Å². The summed E-state index contributed by atoms with van der Waals surface area (Å²) in [6.45, 7) is 3.06. The van der Waals surface area contributed by atoms with Crippen molar-refractivity contribution >= 4 is 22.9 Å². The number of nitrogens with one attached hydrogen (secondary N) is 1. The Morgan fingerprint density at radius 2 is 2.00 bits per heavy atom. The molecule has 5 nitrogen and oxygen atoms in total. The minimum absolute atomic E-state index is 0.0682. The maximum atomic E-state index is 12.3. The molecule has 0 saturated carbocycles. The monoisotopic (exact) mass is 395 g/mol. The molecular weight excluding hydrogens is 370 g/mol. The van der Waals surface area contributed by atoms with Crippen LogP contribution in [0, 0.1) is 0 Å². The van der Waals surface area contributed by atoms with Crippen molar-refractivity contribution in [3.8, 4) is 16.3 Å². The first-order valence-corrected chi connectivity index (χ1v) is 10.1. The van der Waals surface area contributed by atoms with Crippen LogP contribution < -0.4 is 10.1 Å². The zero-order valence-corrected chi connectivity index (χ0v) is 17.3. The summed E-state index contributed by atoms with van der Waals surface area (Å²) in [5.41, 5.74) is 4.15. The first-order valence-electron chi connectivity index (χ1n) is 9.23. The van der Waals surface area contributed by atoms with Crippen LogP contribution in [0.5, 0.6) is 5.75 Å². The van der Waals surface area contributed by atoms with E-state index < -0.39 is 0 Å². The lowest BCUT2D eigenvalue weighted by Crippen LogP contribution is -2.29. The van der Waals surface area contributed by atoms with Gasteiger partial charge < -0.3 is 10.1 Å². The second-order valence-electron chi connectivity index (χ2n) is 6.65. The number of aryl methyl sites for hydroxylation is 1. The Bertz CT molecular complexity index is 922. The van der Waals surface area contributed by atoms with Crippen LogP contribution >= 0.6 is 11.3 Å². The Hall–Kier alpha value is -2.70. The molecule has 1 amide bonds. The molecule has 28 heavy (non-hydrogen) atoms. The lowest BCUT2D eigenvalue weighted by atomic mass is 10.1. The Morgan fingerprint density at radius 3 is 2.71 bits per heavy atom. The molecule has 1 heterocycles. The van der Waals surface area contributed by atoms with E-state index in [1.807, 2.05) is 30.1 Å². The molecule has 0 aliphatic heterocycles. The van der Waals surface area contributed by atoms with E-state index in [0.29, 0.717) is 12.3 Å². The van der Waals surface area contributed by atoms with Crippen molar-refractivity contribution < 1.29 is 9.53 Å². The van der Waals surface area contributed by atoms with Crippen molar-refractivity contribution in [3.05, 3.63) is 65.2 Å². The highest BCUT2D eigenvalue weighted by molar-refractivity contribution is 7.13. The van der Waals surface area contributed by atoms with Crippen LogP contribution in [-0.4, -0.2) is 36.5 Å². The number of rotatable bonds is 8. The number of carbonyl (C=O) groups excluding carboxylic acids is 1. The molecule has 0 radical (unpaired) electrons. The maximum Gasteiger partial charge on any atom is 0.238 e. The fourth-order valence-corrected chi connectivity index (χ4v) is 3.69. The summed E-state index contributed by atoms with van der Waals surface area (Å²) in [7, 11) is 3.52. The van der Waals surface area contributed by atoms with Crippen LogP contribution in [-0.2, 0) is 17.8 Å². The summed E-state index contributed by atoms with van der Waals surface area (Å²) >= 11 is 1.63. The zero-order valence-electron chi connectivity index (χ0n) is 16.4. The number of likely N-dealkylation sites (N-methyl/N-ethyl adjacent to an activating group) is 1. The molecule has 0 aliphatic rings. The van der Waals surface area contributed by atoms with Crippen molar-refractivity contribution in [2.75, 3.05) is 26.0 Å². The highest BCUT2D eigenvalue weighted by Gasteiger charge is 2.11. The van der Waals surface area contributed by atoms with Crippen LogP contribution in [0.3, 0.4) is 0 Å². The number of ether oxygens (including phenoxy) is 1. The Kier molecular flexibility index (Phi) is 6.79. The molecule has 6 heteroatoms. The number of aromatic nitrogens is 1. The molecule has 0 fully saturated rings. The zero-order chi connectivity index (χ0) is 19.9. The van der Waals surface area contributed by atoms with Crippen molar-refractivity contribution in [3.63, 3.8) is 0 Å². The van der Waals surface area contributed by atoms with Gasteiger partial charge in [-0.2, -0.15) is 0 Å². The number of nitrogens with zero attached hydrogens (tertiary/aromatic N) is 2. The molecule has 3 aromatic rings. The second-order valence-corrected chi connectivity index (χ2v) is 7.50. The fraction of sp³-hybridized carbons (Fsp3) is 0.273. The van der Waals surface area contributed by atoms with Crippen molar-refractivity contribution in [1.29, 1.82) is 0 Å². The standard InChI is InChI=1S/C22H25N3O2S/c1-4-16-8-10-17(11-9-16)22-24-19(15-28-22)13-25(2)14-21(26)23-18-6-5-7-20(12-18)27-3/h5-12,15H,4,13-14H2,1-3H3,(H,23,26). The summed E-state index contributed by atoms with van der Waals surface area (Å²) in [4.78, 5) is 19.0. The van der Waals surface area contributed by atoms with Crippen molar-refractivity contribution in [2.45, 2.75) is 19.9 Å². The molecule has 0 spiro atoms. The lowest BCUT2D eigenvalue weighted by molar-refractivity contribution is -0.117. The summed E-state index contributed by atoms with van der Waals surface area (Å²) in [6.07, 6.45) is 1.03. The Morgan fingerprint density at radius 1 is 1.21 bits per heavy atom. The Balaban J connectivity index is 1.55. The van der Waals surface area contributed by atoms with Gasteiger partial charge in [0.2, 0.25) is 5.91 Å². The average Bonchev–Trinajstić information content (AvgIpc) is 3.16. The van der Waals surface area contributed by atoms with Crippen molar-refractivity contribution in [2.24, 2.45) is 0 Å². The molecule has 0 bridgehead atoms. The van der Waals surface area contributed by atoms with Gasteiger partial charge in [0.1, 0.15) is 10.8 Å². The van der Waals surface area contributed by atoms with Gasteiger partial charge in [-0.25, -0.2) is 4.98 Å². The summed E-state index contributed by atoms with van der Waals surface area (Å²) < 4.78 is 5.18. The van der Waals surface area contributed by atoms with Crippen LogP contribution in [0.15, 0.2) is 53.9 Å². The fourth-order valence-electron chi connectivity index (χ4n) is 2.87. The highest BCUT2D eigenvalue weighted by Crippen LogP contribution is 2.24. The van der Waals surface area contributed by atoms with Gasteiger partial charge in [-0.1, -0.05) is 37.3 Å². The number of hydrogen-bond acceptors (Lipinski definition) is 5. The molecule has 1 N–H and O–H groups in total. The minimum atomic E-state index is -0.0682. The van der Waals surface area contributed by atoms with E-state index in [-0.39, 0.29) is 12.5 Å². The Labute approximate surface area is 170 Å². The molecule has 0 aliphatic carbocycles. The van der Waals surface area contributed by atoms with E-state index in [1.165, 1.54) is 5.56 Å². The lowest BCUT2D eigenvalue weighted by Gasteiger charge is -2.15. The van der Waals surface area contributed by atoms with Crippen LogP contribution in [0.25, 0.3) is 10.6 Å². The molecule has 0 unspecified atom stereocenters. The third kappa shape index (κ3) is 5.41. The third-order valence-electron chi connectivity index (χ3n) is 4.36. The van der Waals surface area contributed by atoms with E-state index in [4.69, 9.17) is 9.72 Å². The van der Waals surface area contributed by atoms with Gasteiger partial charge in [-0.15, -0.1) is 11.3 Å². The number of thiazole rings is 1. The summed E-state index contributed by atoms with van der Waals surface area (Å²) in [6, 6.07) is 15.9. The van der Waals surface area contributed by atoms with Gasteiger partial charge >= 0.3 is 0 Å². The van der Waals surface area contributed by atoms with E-state index in [9.17, 15) is 4.79 Å². The second kappa shape index (κ2) is 9.48. The first kappa shape index (κ1) is 20.0. The number of anilines is 1. The molecular formula is C22H25N3O2S. The van der Waals surface area contributed by atoms with Gasteiger partial charge in [0, 0.05) is 29.2 Å². The number of amides is 1. The van der Waals surface area contributed by atoms with Crippen LogP contribution in [0.4, 0.5) is 5.69 Å². The van der Waals surface area contributed by atoms with E-state index >= 15 is 0 Å². The minimum Gasteiger partial charge on any atom is -0.497 e. The largest absolute Gasteiger partial charge is 0.497 e. The SMILES string of the molecule is CCc1ccc(-c2nc(CN(C)CC(=O)Nc3cccc(OC)c3)cs2)cc1. The summed E-state index contributed by atoms with van der Waals surface area (Å²) in [5.74, 6) is 0.648. The molecule has 2 aromatic carbocycles. The first-order chi connectivity index (χ1) is 13.6. The highest BCUT2D eigenvalue weighted by atomic mass is 32.1. The predicted molar refractivity (Wildman–Crippen MR) is 115 cm³/mol. The molecule has 3 rings (SSSR count). The number of hydrogen-bond donors (Lipinski definition) is 1. The molecule has 1 aromatic heterocycles. The van der Waals surface area contributed by atoms with Crippen molar-refractivity contribution in [1.82, 2.24) is 9.88 Å². The van der Waals surface area contributed by atoms with E-state index in [0.717, 1.165) is 28.4 Å². The van der Waals surface area contributed by atoms with Gasteiger partial charge in [0.25, 0.3) is 0 Å². The third-order valence-corrected chi connectivity index (χ3v) is 5.30. The van der Waals surface area contributed by atoms with Crippen LogP contribution in [0.1, 0.15) is 18.2 Å². The van der Waals surface area contributed by atoms with Gasteiger partial charge in [0.15, 0.2) is 0 Å². The van der Waals surface area contributed by atoms with Gasteiger partial charge in [-0.3, -0.25) is 9.69 Å². The number of methoxy groups -OCH3 is 1. The summed E-state index contributed by atoms with van der Waals surface area (Å²) in [5, 5.41) is 5.96. The number of benzene rings is 2. The van der Waals surface area contributed by atoms with E-state index in [1.54, 1.807) is 24.5 Å².